The lowest BCUT2D eigenvalue weighted by molar-refractivity contribution is -0.156. The number of halogens is 1. The van der Waals surface area contributed by atoms with Gasteiger partial charge in [0.05, 0.1) is 5.92 Å². The Morgan fingerprint density at radius 3 is 2.52 bits per heavy atom. The molecule has 2 aromatic carbocycles. The maximum absolute atomic E-state index is 12.3. The Hall–Kier alpha value is -2.00. The molecule has 23 heavy (non-hydrogen) atoms. The molecule has 0 aliphatic rings. The van der Waals surface area contributed by atoms with Gasteiger partial charge in [0.15, 0.2) is 0 Å². The predicted molar refractivity (Wildman–Crippen MR) is 95.1 cm³/mol. The van der Waals surface area contributed by atoms with Gasteiger partial charge in [-0.1, -0.05) is 23.7 Å². The summed E-state index contributed by atoms with van der Waals surface area (Å²) in [5.74, 6) is -0.523. The molecule has 0 radical (unpaired) electrons. The number of fused-ring (bicyclic) bond motifs is 3. The standard InChI is InChI=1S/C19H20ClNO2/c1-11(18(22)23-19(2,3)4)12-5-7-14-15-10-13(20)6-8-16(15)21-17(14)9-12/h5-11,21H,1-4H3. The summed E-state index contributed by atoms with van der Waals surface area (Å²) < 4.78 is 5.47. The van der Waals surface area contributed by atoms with Crippen LogP contribution >= 0.6 is 11.6 Å². The number of rotatable bonds is 2. The van der Waals surface area contributed by atoms with Gasteiger partial charge in [-0.2, -0.15) is 0 Å². The molecule has 3 nitrogen and oxygen atoms in total. The number of aromatic amines is 1. The van der Waals surface area contributed by atoms with E-state index in [1.54, 1.807) is 0 Å². The monoisotopic (exact) mass is 329 g/mol. The Kier molecular flexibility index (Phi) is 3.85. The van der Waals surface area contributed by atoms with E-state index in [9.17, 15) is 4.79 Å². The first-order valence-corrected chi connectivity index (χ1v) is 8.06. The summed E-state index contributed by atoms with van der Waals surface area (Å²) in [6, 6.07) is 11.8. The molecular formula is C19H20ClNO2. The fourth-order valence-corrected chi connectivity index (χ4v) is 2.86. The molecule has 0 aliphatic carbocycles. The maximum atomic E-state index is 12.3. The number of nitrogens with one attached hydrogen (secondary N) is 1. The zero-order valence-corrected chi connectivity index (χ0v) is 14.5. The zero-order chi connectivity index (χ0) is 16.8. The molecule has 0 spiro atoms. The summed E-state index contributed by atoms with van der Waals surface area (Å²) in [7, 11) is 0. The summed E-state index contributed by atoms with van der Waals surface area (Å²) in [6.45, 7) is 7.50. The fraction of sp³-hybridized carbons (Fsp3) is 0.316. The molecule has 3 aromatic rings. The zero-order valence-electron chi connectivity index (χ0n) is 13.7. The van der Waals surface area contributed by atoms with Crippen LogP contribution < -0.4 is 0 Å². The smallest absolute Gasteiger partial charge is 0.313 e. The van der Waals surface area contributed by atoms with E-state index in [4.69, 9.17) is 16.3 Å². The van der Waals surface area contributed by atoms with Crippen molar-refractivity contribution in [1.29, 1.82) is 0 Å². The van der Waals surface area contributed by atoms with Crippen molar-refractivity contribution in [3.05, 3.63) is 47.0 Å². The minimum atomic E-state index is -0.479. The van der Waals surface area contributed by atoms with Crippen LogP contribution in [0.3, 0.4) is 0 Å². The molecule has 1 N–H and O–H groups in total. The van der Waals surface area contributed by atoms with Crippen LogP contribution in [-0.4, -0.2) is 16.6 Å². The molecule has 1 atom stereocenters. The van der Waals surface area contributed by atoms with Crippen LogP contribution in [0.4, 0.5) is 0 Å². The van der Waals surface area contributed by atoms with Gasteiger partial charge in [0, 0.05) is 26.8 Å². The summed E-state index contributed by atoms with van der Waals surface area (Å²) in [4.78, 5) is 15.6. The molecule has 120 valence electrons. The van der Waals surface area contributed by atoms with Gasteiger partial charge in [-0.05, 0) is 57.5 Å². The number of esters is 1. The summed E-state index contributed by atoms with van der Waals surface area (Å²) in [6.07, 6.45) is 0. The molecule has 4 heteroatoms. The average molecular weight is 330 g/mol. The van der Waals surface area contributed by atoms with E-state index in [2.05, 4.69) is 4.98 Å². The third kappa shape index (κ3) is 3.20. The molecule has 0 saturated carbocycles. The van der Waals surface area contributed by atoms with Crippen LogP contribution in [0.15, 0.2) is 36.4 Å². The molecule has 0 amide bonds. The SMILES string of the molecule is CC(C(=O)OC(C)(C)C)c1ccc2c(c1)[nH]c1ccc(Cl)cc12. The summed E-state index contributed by atoms with van der Waals surface area (Å²) in [5.41, 5.74) is 2.49. The van der Waals surface area contributed by atoms with Gasteiger partial charge < -0.3 is 9.72 Å². The number of benzene rings is 2. The van der Waals surface area contributed by atoms with Gasteiger partial charge in [-0.3, -0.25) is 4.79 Å². The van der Waals surface area contributed by atoms with Crippen molar-refractivity contribution < 1.29 is 9.53 Å². The third-order valence-electron chi connectivity index (χ3n) is 3.85. The molecule has 0 saturated heterocycles. The van der Waals surface area contributed by atoms with Gasteiger partial charge in [0.1, 0.15) is 5.60 Å². The maximum Gasteiger partial charge on any atom is 0.313 e. The van der Waals surface area contributed by atoms with Crippen LogP contribution in [0.2, 0.25) is 5.02 Å². The molecule has 3 rings (SSSR count). The number of H-pyrrole nitrogens is 1. The van der Waals surface area contributed by atoms with Crippen LogP contribution in [0.5, 0.6) is 0 Å². The second-order valence-corrected chi connectivity index (χ2v) is 7.31. The molecule has 0 aliphatic heterocycles. The highest BCUT2D eigenvalue weighted by atomic mass is 35.5. The van der Waals surface area contributed by atoms with Crippen molar-refractivity contribution >= 4 is 39.4 Å². The van der Waals surface area contributed by atoms with E-state index in [1.807, 2.05) is 64.1 Å². The lowest BCUT2D eigenvalue weighted by atomic mass is 9.99. The third-order valence-corrected chi connectivity index (χ3v) is 4.08. The van der Waals surface area contributed by atoms with Crippen molar-refractivity contribution in [3.8, 4) is 0 Å². The van der Waals surface area contributed by atoms with Crippen molar-refractivity contribution in [2.45, 2.75) is 39.2 Å². The quantitative estimate of drug-likeness (QED) is 0.638. The van der Waals surface area contributed by atoms with E-state index >= 15 is 0 Å². The summed E-state index contributed by atoms with van der Waals surface area (Å²) >= 11 is 6.09. The van der Waals surface area contributed by atoms with Gasteiger partial charge in [0.25, 0.3) is 0 Å². The first-order chi connectivity index (χ1) is 10.7. The van der Waals surface area contributed by atoms with Crippen LogP contribution in [0.1, 0.15) is 39.2 Å². The number of carbonyl (C=O) groups is 1. The molecule has 0 bridgehead atoms. The van der Waals surface area contributed by atoms with Crippen LogP contribution in [-0.2, 0) is 9.53 Å². The molecule has 1 aromatic heterocycles. The first-order valence-electron chi connectivity index (χ1n) is 7.68. The highest BCUT2D eigenvalue weighted by Crippen LogP contribution is 2.30. The normalized spacial score (nSPS) is 13.4. The van der Waals surface area contributed by atoms with Gasteiger partial charge in [-0.25, -0.2) is 0 Å². The molecule has 0 fully saturated rings. The number of carbonyl (C=O) groups excluding carboxylic acids is 1. The lowest BCUT2D eigenvalue weighted by Gasteiger charge is -2.22. The highest BCUT2D eigenvalue weighted by Gasteiger charge is 2.23. The number of aromatic nitrogens is 1. The number of hydrogen-bond donors (Lipinski definition) is 1. The molecule has 1 heterocycles. The van der Waals surface area contributed by atoms with E-state index in [-0.39, 0.29) is 11.9 Å². The molecular weight excluding hydrogens is 310 g/mol. The Morgan fingerprint density at radius 1 is 1.09 bits per heavy atom. The van der Waals surface area contributed by atoms with Crippen molar-refractivity contribution in [2.24, 2.45) is 0 Å². The summed E-state index contributed by atoms with van der Waals surface area (Å²) in [5, 5.41) is 2.90. The second-order valence-electron chi connectivity index (χ2n) is 6.88. The highest BCUT2D eigenvalue weighted by molar-refractivity contribution is 6.31. The van der Waals surface area contributed by atoms with E-state index < -0.39 is 5.60 Å². The van der Waals surface area contributed by atoms with Crippen molar-refractivity contribution in [2.75, 3.05) is 0 Å². The van der Waals surface area contributed by atoms with Crippen LogP contribution in [0, 0.1) is 0 Å². The predicted octanol–water partition coefficient (Wildman–Crippen LogP) is 5.42. The van der Waals surface area contributed by atoms with Crippen molar-refractivity contribution in [3.63, 3.8) is 0 Å². The minimum Gasteiger partial charge on any atom is -0.460 e. The number of hydrogen-bond acceptors (Lipinski definition) is 2. The van der Waals surface area contributed by atoms with Crippen molar-refractivity contribution in [1.82, 2.24) is 4.98 Å². The minimum absolute atomic E-state index is 0.212. The largest absolute Gasteiger partial charge is 0.460 e. The number of ether oxygens (including phenoxy) is 1. The lowest BCUT2D eigenvalue weighted by Crippen LogP contribution is -2.26. The van der Waals surface area contributed by atoms with Gasteiger partial charge in [-0.15, -0.1) is 0 Å². The topological polar surface area (TPSA) is 42.1 Å². The Bertz CT molecular complexity index is 889. The van der Waals surface area contributed by atoms with Crippen LogP contribution in [0.25, 0.3) is 21.8 Å². The van der Waals surface area contributed by atoms with E-state index in [0.29, 0.717) is 5.02 Å². The second kappa shape index (κ2) is 5.57. The average Bonchev–Trinajstić information content (AvgIpc) is 2.81. The Balaban J connectivity index is 2.00. The van der Waals surface area contributed by atoms with Gasteiger partial charge in [0.2, 0.25) is 0 Å². The fourth-order valence-electron chi connectivity index (χ4n) is 2.69. The molecule has 1 unspecified atom stereocenters. The van der Waals surface area contributed by atoms with Gasteiger partial charge >= 0.3 is 5.97 Å². The van der Waals surface area contributed by atoms with E-state index in [0.717, 1.165) is 27.4 Å². The Labute approximate surface area is 140 Å². The Morgan fingerprint density at radius 2 is 1.83 bits per heavy atom. The van der Waals surface area contributed by atoms with E-state index in [1.165, 1.54) is 0 Å². The first kappa shape index (κ1) is 15.9.